The topological polar surface area (TPSA) is 29.5 Å². The Kier molecular flexibility index (Phi) is 3.51. The lowest BCUT2D eigenvalue weighted by Gasteiger charge is -2.07. The molecule has 0 bridgehead atoms. The zero-order valence-corrected chi connectivity index (χ0v) is 10.8. The smallest absolute Gasteiger partial charge is 0.119 e. The molecule has 98 valence electrons. The molecule has 0 unspecified atom stereocenters. The Hall–Kier alpha value is -1.80. The highest BCUT2D eigenvalue weighted by molar-refractivity contribution is 5.32. The van der Waals surface area contributed by atoms with Crippen molar-refractivity contribution in [3.63, 3.8) is 0 Å². The zero-order chi connectivity index (χ0) is 13.1. The van der Waals surface area contributed by atoms with E-state index in [2.05, 4.69) is 24.3 Å². The maximum Gasteiger partial charge on any atom is 0.119 e. The van der Waals surface area contributed by atoms with E-state index in [9.17, 15) is 0 Å². The van der Waals surface area contributed by atoms with Crippen molar-refractivity contribution in [2.45, 2.75) is 18.9 Å². The van der Waals surface area contributed by atoms with Gasteiger partial charge in [0.25, 0.3) is 0 Å². The lowest BCUT2D eigenvalue weighted by molar-refractivity contribution is 0.274. The van der Waals surface area contributed by atoms with Gasteiger partial charge in [-0.2, -0.15) is 0 Å². The molecular formula is C17H18O2. The van der Waals surface area contributed by atoms with Crippen LogP contribution in [-0.2, 0) is 6.61 Å². The predicted octanol–water partition coefficient (Wildman–Crippen LogP) is 3.36. The molecule has 0 radical (unpaired) electrons. The van der Waals surface area contributed by atoms with E-state index in [0.717, 1.165) is 12.2 Å². The number of ether oxygens (including phenoxy) is 1. The average Bonchev–Trinajstić information content (AvgIpc) is 3.26. The first-order valence-corrected chi connectivity index (χ1v) is 6.74. The fourth-order valence-corrected chi connectivity index (χ4v) is 2.41. The van der Waals surface area contributed by atoms with E-state index >= 15 is 0 Å². The lowest BCUT2D eigenvalue weighted by atomic mass is 10.1. The molecule has 2 aromatic rings. The summed E-state index contributed by atoms with van der Waals surface area (Å²) in [4.78, 5) is 0. The fraction of sp³-hybridized carbons (Fsp3) is 0.294. The highest BCUT2D eigenvalue weighted by Gasteiger charge is 2.37. The maximum atomic E-state index is 9.08. The van der Waals surface area contributed by atoms with Crippen molar-refractivity contribution in [1.29, 1.82) is 0 Å². The van der Waals surface area contributed by atoms with Gasteiger partial charge in [-0.3, -0.25) is 0 Å². The first kappa shape index (κ1) is 12.2. The third kappa shape index (κ3) is 2.96. The molecule has 1 N–H and O–H groups in total. The Morgan fingerprint density at radius 2 is 1.74 bits per heavy atom. The van der Waals surface area contributed by atoms with Gasteiger partial charge in [0.05, 0.1) is 0 Å². The molecule has 1 aliphatic rings. The van der Waals surface area contributed by atoms with Crippen molar-refractivity contribution in [2.75, 3.05) is 6.61 Å². The molecular weight excluding hydrogens is 236 g/mol. The van der Waals surface area contributed by atoms with Gasteiger partial charge in [-0.15, -0.1) is 0 Å². The summed E-state index contributed by atoms with van der Waals surface area (Å²) in [7, 11) is 0. The summed E-state index contributed by atoms with van der Waals surface area (Å²) in [5, 5.41) is 9.08. The first-order chi connectivity index (χ1) is 9.36. The van der Waals surface area contributed by atoms with Crippen LogP contribution in [0.5, 0.6) is 5.75 Å². The molecule has 2 aromatic carbocycles. The largest absolute Gasteiger partial charge is 0.489 e. The first-order valence-electron chi connectivity index (χ1n) is 6.74. The van der Waals surface area contributed by atoms with Crippen LogP contribution in [-0.4, -0.2) is 11.7 Å². The second-order valence-corrected chi connectivity index (χ2v) is 5.13. The molecule has 1 fully saturated rings. The van der Waals surface area contributed by atoms with Gasteiger partial charge in [-0.1, -0.05) is 42.5 Å². The summed E-state index contributed by atoms with van der Waals surface area (Å²) in [5.41, 5.74) is 2.49. The van der Waals surface area contributed by atoms with Crippen molar-refractivity contribution >= 4 is 0 Å². The molecule has 0 aliphatic heterocycles. The average molecular weight is 254 g/mol. The third-order valence-electron chi connectivity index (χ3n) is 3.71. The Morgan fingerprint density at radius 1 is 1.00 bits per heavy atom. The second-order valence-electron chi connectivity index (χ2n) is 5.13. The number of benzene rings is 2. The summed E-state index contributed by atoms with van der Waals surface area (Å²) in [5.74, 6) is 1.91. The van der Waals surface area contributed by atoms with E-state index in [1.54, 1.807) is 0 Å². The number of aliphatic hydroxyl groups excluding tert-OH is 1. The van der Waals surface area contributed by atoms with Gasteiger partial charge < -0.3 is 9.84 Å². The van der Waals surface area contributed by atoms with Gasteiger partial charge >= 0.3 is 0 Å². The van der Waals surface area contributed by atoms with Crippen molar-refractivity contribution < 1.29 is 9.84 Å². The van der Waals surface area contributed by atoms with Crippen molar-refractivity contribution in [3.05, 3.63) is 65.7 Å². The van der Waals surface area contributed by atoms with Gasteiger partial charge in [-0.05, 0) is 41.5 Å². The minimum Gasteiger partial charge on any atom is -0.489 e. The van der Waals surface area contributed by atoms with Gasteiger partial charge in [0, 0.05) is 6.61 Å². The van der Waals surface area contributed by atoms with Crippen molar-refractivity contribution in [1.82, 2.24) is 0 Å². The summed E-state index contributed by atoms with van der Waals surface area (Å²) in [6.07, 6.45) is 1.11. The number of hydrogen-bond acceptors (Lipinski definition) is 2. The van der Waals surface area contributed by atoms with E-state index in [0.29, 0.717) is 25.0 Å². The maximum absolute atomic E-state index is 9.08. The van der Waals surface area contributed by atoms with Crippen molar-refractivity contribution in [3.8, 4) is 5.75 Å². The standard InChI is InChI=1S/C17H18O2/c18-11-15-10-17(15)14-6-8-16(9-7-14)19-12-13-4-2-1-3-5-13/h1-9,15,17-18H,10-12H2/t15-,17+/m0/s1. The van der Waals surface area contributed by atoms with E-state index < -0.39 is 0 Å². The van der Waals surface area contributed by atoms with E-state index in [1.807, 2.05) is 30.3 Å². The Labute approximate surface area is 113 Å². The van der Waals surface area contributed by atoms with Gasteiger partial charge in [0.1, 0.15) is 12.4 Å². The molecule has 3 rings (SSSR count). The molecule has 19 heavy (non-hydrogen) atoms. The summed E-state index contributed by atoms with van der Waals surface area (Å²) in [6.45, 7) is 0.903. The van der Waals surface area contributed by atoms with Gasteiger partial charge in [0.2, 0.25) is 0 Å². The van der Waals surface area contributed by atoms with Gasteiger partial charge in [-0.25, -0.2) is 0 Å². The highest BCUT2D eigenvalue weighted by Crippen LogP contribution is 2.47. The Morgan fingerprint density at radius 3 is 2.37 bits per heavy atom. The number of hydrogen-bond donors (Lipinski definition) is 1. The van der Waals surface area contributed by atoms with Gasteiger partial charge in [0.15, 0.2) is 0 Å². The molecule has 0 amide bonds. The van der Waals surface area contributed by atoms with E-state index in [4.69, 9.17) is 9.84 Å². The number of rotatable bonds is 5. The molecule has 0 saturated heterocycles. The minimum absolute atomic E-state index is 0.303. The van der Waals surface area contributed by atoms with Crippen LogP contribution in [0.4, 0.5) is 0 Å². The normalized spacial score (nSPS) is 21.1. The molecule has 2 atom stereocenters. The molecule has 1 aliphatic carbocycles. The predicted molar refractivity (Wildman–Crippen MR) is 75.1 cm³/mol. The summed E-state index contributed by atoms with van der Waals surface area (Å²) >= 11 is 0. The monoisotopic (exact) mass is 254 g/mol. The fourth-order valence-electron chi connectivity index (χ4n) is 2.41. The van der Waals surface area contributed by atoms with Crippen LogP contribution in [0.3, 0.4) is 0 Å². The van der Waals surface area contributed by atoms with Crippen LogP contribution in [0, 0.1) is 5.92 Å². The Balaban J connectivity index is 1.58. The summed E-state index contributed by atoms with van der Waals surface area (Å²) < 4.78 is 5.75. The van der Waals surface area contributed by atoms with E-state index in [1.165, 1.54) is 11.1 Å². The highest BCUT2D eigenvalue weighted by atomic mass is 16.5. The molecule has 0 aromatic heterocycles. The molecule has 1 saturated carbocycles. The zero-order valence-electron chi connectivity index (χ0n) is 10.8. The van der Waals surface area contributed by atoms with Crippen LogP contribution >= 0.6 is 0 Å². The number of aliphatic hydroxyl groups is 1. The summed E-state index contributed by atoms with van der Waals surface area (Å²) in [6, 6.07) is 18.4. The SMILES string of the molecule is OC[C@@H]1C[C@@H]1c1ccc(OCc2ccccc2)cc1. The van der Waals surface area contributed by atoms with E-state index in [-0.39, 0.29) is 0 Å². The molecule has 0 spiro atoms. The quantitative estimate of drug-likeness (QED) is 0.886. The minimum atomic E-state index is 0.303. The Bertz CT molecular complexity index is 519. The van der Waals surface area contributed by atoms with Crippen molar-refractivity contribution in [2.24, 2.45) is 5.92 Å². The molecule has 2 nitrogen and oxygen atoms in total. The van der Waals surface area contributed by atoms with Crippen LogP contribution in [0.15, 0.2) is 54.6 Å². The third-order valence-corrected chi connectivity index (χ3v) is 3.71. The van der Waals surface area contributed by atoms with Crippen LogP contribution in [0.1, 0.15) is 23.5 Å². The van der Waals surface area contributed by atoms with Crippen LogP contribution in [0.2, 0.25) is 0 Å². The van der Waals surface area contributed by atoms with Crippen LogP contribution < -0.4 is 4.74 Å². The molecule has 0 heterocycles. The lowest BCUT2D eigenvalue weighted by Crippen LogP contribution is -1.95. The molecule has 2 heteroatoms. The second kappa shape index (κ2) is 5.45. The van der Waals surface area contributed by atoms with Crippen LogP contribution in [0.25, 0.3) is 0 Å².